The smallest absolute Gasteiger partial charge is 0.170 e. The first-order valence-electron chi connectivity index (χ1n) is 5.18. The highest BCUT2D eigenvalue weighted by molar-refractivity contribution is 14.1. The van der Waals surface area contributed by atoms with E-state index in [4.69, 9.17) is 3.07 Å². The number of rotatable bonds is 1. The molecule has 1 aliphatic rings. The van der Waals surface area contributed by atoms with Gasteiger partial charge in [-0.1, -0.05) is 27.7 Å². The van der Waals surface area contributed by atoms with Gasteiger partial charge in [0.25, 0.3) is 0 Å². The largest absolute Gasteiger partial charge is 0.392 e. The van der Waals surface area contributed by atoms with Gasteiger partial charge in [0.2, 0.25) is 0 Å². The maximum Gasteiger partial charge on any atom is 0.170 e. The third-order valence-corrected chi connectivity index (χ3v) is 3.27. The van der Waals surface area contributed by atoms with Crippen molar-refractivity contribution in [3.8, 4) is 0 Å². The minimum atomic E-state index is -0.907. The fraction of sp³-hybridized carbons (Fsp3) is 0.900. The van der Waals surface area contributed by atoms with E-state index in [1.54, 1.807) is 36.9 Å². The number of hydrogen-bond acceptors (Lipinski definition) is 4. The van der Waals surface area contributed by atoms with Gasteiger partial charge in [0, 0.05) is 11.8 Å². The predicted octanol–water partition coefficient (Wildman–Crippen LogP) is 1.32. The summed E-state index contributed by atoms with van der Waals surface area (Å²) >= 11 is 1.60. The zero-order valence-electron chi connectivity index (χ0n) is 9.48. The molecule has 4 nitrogen and oxygen atoms in total. The van der Waals surface area contributed by atoms with Crippen LogP contribution in [-0.2, 0) is 7.86 Å². The van der Waals surface area contributed by atoms with Gasteiger partial charge in [0.05, 0.1) is 12.2 Å². The quantitative estimate of drug-likeness (QED) is 0.712. The predicted molar refractivity (Wildman–Crippen MR) is 65.6 cm³/mol. The SMILES string of the molecule is CC.CC1C(=O)C(OI)C(O)C(C)C1O. The Morgan fingerprint density at radius 3 is 2.07 bits per heavy atom. The summed E-state index contributed by atoms with van der Waals surface area (Å²) < 4.78 is 4.86. The first kappa shape index (κ1) is 15.3. The van der Waals surface area contributed by atoms with Gasteiger partial charge in [-0.05, 0) is 0 Å². The first-order valence-corrected chi connectivity index (χ1v) is 6.06. The molecule has 0 heterocycles. The van der Waals surface area contributed by atoms with Crippen LogP contribution in [0.3, 0.4) is 0 Å². The van der Waals surface area contributed by atoms with Crippen LogP contribution >= 0.6 is 23.0 Å². The van der Waals surface area contributed by atoms with Crippen LogP contribution in [-0.4, -0.2) is 34.3 Å². The second-order valence-corrected chi connectivity index (χ2v) is 4.05. The van der Waals surface area contributed by atoms with Gasteiger partial charge in [-0.25, -0.2) is 0 Å². The molecule has 0 spiro atoms. The molecular formula is C10H19IO4. The molecule has 1 rings (SSSR count). The van der Waals surface area contributed by atoms with Crippen molar-refractivity contribution in [2.75, 3.05) is 0 Å². The molecule has 15 heavy (non-hydrogen) atoms. The highest BCUT2D eigenvalue weighted by Gasteiger charge is 2.45. The fourth-order valence-electron chi connectivity index (χ4n) is 1.63. The second kappa shape index (κ2) is 6.78. The molecular weight excluding hydrogens is 311 g/mol. The van der Waals surface area contributed by atoms with Crippen molar-refractivity contribution in [2.45, 2.75) is 46.0 Å². The van der Waals surface area contributed by atoms with E-state index in [-0.39, 0.29) is 11.7 Å². The zero-order chi connectivity index (χ0) is 12.2. The van der Waals surface area contributed by atoms with Crippen molar-refractivity contribution >= 4 is 28.8 Å². The number of aliphatic hydroxyl groups excluding tert-OH is 2. The molecule has 1 saturated carbocycles. The van der Waals surface area contributed by atoms with Crippen LogP contribution < -0.4 is 0 Å². The topological polar surface area (TPSA) is 66.8 Å². The lowest BCUT2D eigenvalue weighted by atomic mass is 9.76. The van der Waals surface area contributed by atoms with Crippen LogP contribution in [0.4, 0.5) is 0 Å². The van der Waals surface area contributed by atoms with E-state index >= 15 is 0 Å². The molecule has 5 atom stereocenters. The third kappa shape index (κ3) is 3.12. The van der Waals surface area contributed by atoms with Gasteiger partial charge < -0.3 is 13.3 Å². The summed E-state index contributed by atoms with van der Waals surface area (Å²) in [4.78, 5) is 11.5. The van der Waals surface area contributed by atoms with Crippen molar-refractivity contribution in [3.63, 3.8) is 0 Å². The third-order valence-electron chi connectivity index (χ3n) is 2.73. The summed E-state index contributed by atoms with van der Waals surface area (Å²) in [5, 5.41) is 19.1. The Bertz CT molecular complexity index is 210. The summed E-state index contributed by atoms with van der Waals surface area (Å²) in [6.07, 6.45) is -2.48. The van der Waals surface area contributed by atoms with Crippen LogP contribution in [0.5, 0.6) is 0 Å². The molecule has 90 valence electrons. The van der Waals surface area contributed by atoms with E-state index in [0.29, 0.717) is 0 Å². The fourth-order valence-corrected chi connectivity index (χ4v) is 2.18. The van der Waals surface area contributed by atoms with Gasteiger partial charge in [0.15, 0.2) is 11.9 Å². The highest BCUT2D eigenvalue weighted by atomic mass is 127. The summed E-state index contributed by atoms with van der Waals surface area (Å²) in [5.74, 6) is -1.02. The van der Waals surface area contributed by atoms with Gasteiger partial charge in [-0.2, -0.15) is 0 Å². The van der Waals surface area contributed by atoms with Gasteiger partial charge >= 0.3 is 0 Å². The Morgan fingerprint density at radius 1 is 1.20 bits per heavy atom. The molecule has 1 fully saturated rings. The number of carbonyl (C=O) groups excluding carboxylic acids is 1. The van der Waals surface area contributed by atoms with Gasteiger partial charge in [-0.15, -0.1) is 0 Å². The zero-order valence-corrected chi connectivity index (χ0v) is 11.6. The molecule has 0 aromatic rings. The van der Waals surface area contributed by atoms with E-state index in [1.807, 2.05) is 13.8 Å². The second-order valence-electron chi connectivity index (χ2n) is 3.54. The molecule has 5 unspecified atom stereocenters. The normalized spacial score (nSPS) is 40.7. The standard InChI is InChI=1S/C8H13IO4.C2H6/c1-3-5(10)4(2)7(12)8(13-9)6(3)11;1-2/h3-6,8,10-11H,1-2H3;1-2H3. The average molecular weight is 330 g/mol. The van der Waals surface area contributed by atoms with E-state index in [0.717, 1.165) is 0 Å². The van der Waals surface area contributed by atoms with Crippen LogP contribution in [0.2, 0.25) is 0 Å². The molecule has 2 N–H and O–H groups in total. The highest BCUT2D eigenvalue weighted by Crippen LogP contribution is 2.29. The number of aliphatic hydroxyl groups is 2. The minimum absolute atomic E-state index is 0.229. The Kier molecular flexibility index (Phi) is 6.90. The molecule has 0 radical (unpaired) electrons. The van der Waals surface area contributed by atoms with Crippen LogP contribution in [0.1, 0.15) is 27.7 Å². The number of hydrogen-bond donors (Lipinski definition) is 2. The number of halogens is 1. The summed E-state index contributed by atoms with van der Waals surface area (Å²) in [7, 11) is 0. The lowest BCUT2D eigenvalue weighted by Gasteiger charge is -2.37. The Balaban J connectivity index is 0.000000921. The van der Waals surface area contributed by atoms with Crippen molar-refractivity contribution in [2.24, 2.45) is 11.8 Å². The molecule has 0 amide bonds. The van der Waals surface area contributed by atoms with E-state index in [1.165, 1.54) is 0 Å². The number of carbonyl (C=O) groups is 1. The van der Waals surface area contributed by atoms with Crippen LogP contribution in [0, 0.1) is 11.8 Å². The van der Waals surface area contributed by atoms with E-state index < -0.39 is 24.2 Å². The summed E-state index contributed by atoms with van der Waals surface area (Å²) in [6.45, 7) is 7.36. The van der Waals surface area contributed by atoms with Gasteiger partial charge in [-0.3, -0.25) is 4.79 Å². The maximum atomic E-state index is 11.5. The Hall–Kier alpha value is 0.280. The van der Waals surface area contributed by atoms with E-state index in [2.05, 4.69) is 0 Å². The first-order chi connectivity index (χ1) is 7.00. The maximum absolute atomic E-state index is 11.5. The lowest BCUT2D eigenvalue weighted by Crippen LogP contribution is -2.54. The molecule has 0 aromatic heterocycles. The average Bonchev–Trinajstić information content (AvgIpc) is 2.27. The Labute approximate surface area is 105 Å². The van der Waals surface area contributed by atoms with Crippen LogP contribution in [0.25, 0.3) is 0 Å². The molecule has 0 saturated heterocycles. The van der Waals surface area contributed by atoms with Crippen molar-refractivity contribution < 1.29 is 18.1 Å². The van der Waals surface area contributed by atoms with Crippen LogP contribution in [0.15, 0.2) is 0 Å². The van der Waals surface area contributed by atoms with Crippen molar-refractivity contribution in [1.29, 1.82) is 0 Å². The Morgan fingerprint density at radius 2 is 1.67 bits per heavy atom. The molecule has 0 aliphatic heterocycles. The van der Waals surface area contributed by atoms with Crippen molar-refractivity contribution in [1.82, 2.24) is 0 Å². The molecule has 5 heteroatoms. The summed E-state index contributed by atoms with van der Waals surface area (Å²) in [6, 6.07) is 0. The number of Topliss-reactive ketones (excluding diaryl/α,β-unsaturated/α-hetero) is 1. The van der Waals surface area contributed by atoms with Gasteiger partial charge in [0.1, 0.15) is 23.0 Å². The van der Waals surface area contributed by atoms with Crippen molar-refractivity contribution in [3.05, 3.63) is 0 Å². The molecule has 0 bridgehead atoms. The molecule has 1 aliphatic carbocycles. The number of ketones is 1. The lowest BCUT2D eigenvalue weighted by molar-refractivity contribution is -0.152. The van der Waals surface area contributed by atoms with E-state index in [9.17, 15) is 15.0 Å². The monoisotopic (exact) mass is 330 g/mol. The minimum Gasteiger partial charge on any atom is -0.392 e. The molecule has 0 aromatic carbocycles. The summed E-state index contributed by atoms with van der Waals surface area (Å²) in [5.41, 5.74) is 0.